The van der Waals surface area contributed by atoms with Crippen molar-refractivity contribution in [1.29, 1.82) is 0 Å². The molecule has 0 amide bonds. The van der Waals surface area contributed by atoms with E-state index in [1.54, 1.807) is 7.11 Å². The molecule has 0 saturated heterocycles. The molecule has 1 heterocycles. The van der Waals surface area contributed by atoms with Gasteiger partial charge in [-0.05, 0) is 44.5 Å². The van der Waals surface area contributed by atoms with Crippen molar-refractivity contribution < 1.29 is 4.74 Å². The summed E-state index contributed by atoms with van der Waals surface area (Å²) in [5.41, 5.74) is 3.54. The van der Waals surface area contributed by atoms with E-state index in [-0.39, 0.29) is 6.04 Å². The van der Waals surface area contributed by atoms with Crippen LogP contribution in [0.2, 0.25) is 0 Å². The van der Waals surface area contributed by atoms with Gasteiger partial charge in [-0.15, -0.1) is 0 Å². The van der Waals surface area contributed by atoms with Gasteiger partial charge < -0.3 is 10.1 Å². The molecule has 4 nitrogen and oxygen atoms in total. The average molecular weight is 287 g/mol. The third kappa shape index (κ3) is 3.45. The molecule has 0 spiro atoms. The molecule has 114 valence electrons. The van der Waals surface area contributed by atoms with Crippen LogP contribution >= 0.6 is 0 Å². The van der Waals surface area contributed by atoms with Crippen LogP contribution in [0.1, 0.15) is 43.1 Å². The van der Waals surface area contributed by atoms with Gasteiger partial charge in [0.15, 0.2) is 0 Å². The summed E-state index contributed by atoms with van der Waals surface area (Å²) in [5, 5.41) is 8.01. The van der Waals surface area contributed by atoms with E-state index in [1.807, 2.05) is 10.9 Å². The van der Waals surface area contributed by atoms with E-state index >= 15 is 0 Å². The fraction of sp³-hybridized carbons (Fsp3) is 0.471. The Hall–Kier alpha value is -1.81. The monoisotopic (exact) mass is 287 g/mol. The normalized spacial score (nSPS) is 12.4. The molecule has 21 heavy (non-hydrogen) atoms. The number of nitrogens with zero attached hydrogens (tertiary/aromatic N) is 2. The fourth-order valence-electron chi connectivity index (χ4n) is 2.57. The maximum absolute atomic E-state index is 5.59. The van der Waals surface area contributed by atoms with E-state index in [4.69, 9.17) is 4.74 Å². The summed E-state index contributed by atoms with van der Waals surface area (Å²) in [5.74, 6) is 0.924. The summed E-state index contributed by atoms with van der Waals surface area (Å²) in [6.07, 6.45) is 2.95. The Morgan fingerprint density at radius 2 is 2.10 bits per heavy atom. The summed E-state index contributed by atoms with van der Waals surface area (Å²) in [7, 11) is 1.73. The maximum Gasteiger partial charge on any atom is 0.124 e. The maximum atomic E-state index is 5.59. The number of ether oxygens (including phenoxy) is 1. The van der Waals surface area contributed by atoms with Crippen molar-refractivity contribution in [3.05, 3.63) is 47.3 Å². The number of aryl methyl sites for hydroxylation is 2. The molecule has 0 aliphatic carbocycles. The Bertz CT molecular complexity index is 577. The van der Waals surface area contributed by atoms with Crippen molar-refractivity contribution in [2.45, 2.75) is 39.8 Å². The van der Waals surface area contributed by atoms with Crippen LogP contribution in [-0.4, -0.2) is 23.4 Å². The molecule has 0 aliphatic heterocycles. The number of benzene rings is 1. The molecule has 0 saturated carbocycles. The van der Waals surface area contributed by atoms with Gasteiger partial charge in [-0.25, -0.2) is 0 Å². The highest BCUT2D eigenvalue weighted by atomic mass is 16.5. The molecule has 1 atom stereocenters. The van der Waals surface area contributed by atoms with Crippen LogP contribution in [0.25, 0.3) is 0 Å². The number of methoxy groups -OCH3 is 1. The van der Waals surface area contributed by atoms with Crippen molar-refractivity contribution in [3.63, 3.8) is 0 Å². The summed E-state index contributed by atoms with van der Waals surface area (Å²) < 4.78 is 7.62. The van der Waals surface area contributed by atoms with Crippen molar-refractivity contribution in [2.24, 2.45) is 0 Å². The SMILES string of the molecule is CCCNC(c1ccc(C)cc1OC)c1ccnn1CC. The first-order chi connectivity index (χ1) is 10.2. The first-order valence-corrected chi connectivity index (χ1v) is 7.60. The molecule has 4 heteroatoms. The van der Waals surface area contributed by atoms with Crippen LogP contribution < -0.4 is 10.1 Å². The van der Waals surface area contributed by atoms with Gasteiger partial charge >= 0.3 is 0 Å². The highest BCUT2D eigenvalue weighted by Gasteiger charge is 2.20. The zero-order chi connectivity index (χ0) is 15.2. The van der Waals surface area contributed by atoms with Crippen molar-refractivity contribution in [3.8, 4) is 5.75 Å². The van der Waals surface area contributed by atoms with E-state index in [0.29, 0.717) is 0 Å². The largest absolute Gasteiger partial charge is 0.496 e. The number of aromatic nitrogens is 2. The van der Waals surface area contributed by atoms with Gasteiger partial charge in [0, 0.05) is 18.3 Å². The van der Waals surface area contributed by atoms with Crippen LogP contribution in [0.15, 0.2) is 30.5 Å². The Kier molecular flexibility index (Phi) is 5.39. The van der Waals surface area contributed by atoms with Crippen LogP contribution in [-0.2, 0) is 6.54 Å². The molecule has 1 unspecified atom stereocenters. The Morgan fingerprint density at radius 3 is 2.76 bits per heavy atom. The Balaban J connectivity index is 2.45. The van der Waals surface area contributed by atoms with Crippen molar-refractivity contribution in [2.75, 3.05) is 13.7 Å². The topological polar surface area (TPSA) is 39.1 Å². The van der Waals surface area contributed by atoms with E-state index in [9.17, 15) is 0 Å². The van der Waals surface area contributed by atoms with Crippen LogP contribution in [0.5, 0.6) is 5.75 Å². The van der Waals surface area contributed by atoms with E-state index in [0.717, 1.165) is 30.8 Å². The van der Waals surface area contributed by atoms with Crippen molar-refractivity contribution in [1.82, 2.24) is 15.1 Å². The lowest BCUT2D eigenvalue weighted by Gasteiger charge is -2.22. The van der Waals surface area contributed by atoms with Gasteiger partial charge in [-0.1, -0.05) is 19.1 Å². The first-order valence-electron chi connectivity index (χ1n) is 7.60. The smallest absolute Gasteiger partial charge is 0.124 e. The van der Waals surface area contributed by atoms with Crippen LogP contribution in [0, 0.1) is 6.92 Å². The summed E-state index contributed by atoms with van der Waals surface area (Å²) >= 11 is 0. The van der Waals surface area contributed by atoms with E-state index < -0.39 is 0 Å². The third-order valence-corrected chi connectivity index (χ3v) is 3.64. The summed E-state index contributed by atoms with van der Waals surface area (Å²) in [6.45, 7) is 8.18. The highest BCUT2D eigenvalue weighted by Crippen LogP contribution is 2.30. The van der Waals surface area contributed by atoms with Crippen LogP contribution in [0.3, 0.4) is 0 Å². The molecule has 0 bridgehead atoms. The predicted molar refractivity (Wildman–Crippen MR) is 85.8 cm³/mol. The molecule has 0 radical (unpaired) electrons. The number of hydrogen-bond acceptors (Lipinski definition) is 3. The molecule has 1 aromatic heterocycles. The lowest BCUT2D eigenvalue weighted by Crippen LogP contribution is -2.26. The summed E-state index contributed by atoms with van der Waals surface area (Å²) in [6, 6.07) is 8.54. The molecule has 1 aromatic carbocycles. The standard InChI is InChI=1S/C17H25N3O/c1-5-10-18-17(15-9-11-19-20(15)6-2)14-8-7-13(3)12-16(14)21-4/h7-9,11-12,17-18H,5-6,10H2,1-4H3. The number of nitrogens with one attached hydrogen (secondary N) is 1. The summed E-state index contributed by atoms with van der Waals surface area (Å²) in [4.78, 5) is 0. The van der Waals surface area contributed by atoms with E-state index in [2.05, 4.69) is 55.5 Å². The van der Waals surface area contributed by atoms with Gasteiger partial charge in [0.1, 0.15) is 5.75 Å². The fourth-order valence-corrected chi connectivity index (χ4v) is 2.57. The van der Waals surface area contributed by atoms with Gasteiger partial charge in [0.25, 0.3) is 0 Å². The Morgan fingerprint density at radius 1 is 1.29 bits per heavy atom. The molecular weight excluding hydrogens is 262 g/mol. The number of rotatable bonds is 7. The first kappa shape index (κ1) is 15.6. The van der Waals surface area contributed by atoms with Gasteiger partial charge in [0.05, 0.1) is 18.8 Å². The minimum absolute atomic E-state index is 0.1000. The zero-order valence-corrected chi connectivity index (χ0v) is 13.4. The third-order valence-electron chi connectivity index (χ3n) is 3.64. The van der Waals surface area contributed by atoms with Gasteiger partial charge in [0.2, 0.25) is 0 Å². The molecule has 0 fully saturated rings. The minimum Gasteiger partial charge on any atom is -0.496 e. The lowest BCUT2D eigenvalue weighted by molar-refractivity contribution is 0.401. The highest BCUT2D eigenvalue weighted by molar-refractivity contribution is 5.42. The molecule has 0 aliphatic rings. The number of hydrogen-bond donors (Lipinski definition) is 1. The Labute approximate surface area is 127 Å². The molecule has 2 aromatic rings. The lowest BCUT2D eigenvalue weighted by atomic mass is 10.0. The zero-order valence-electron chi connectivity index (χ0n) is 13.4. The molecule has 1 N–H and O–H groups in total. The van der Waals surface area contributed by atoms with Gasteiger partial charge in [-0.2, -0.15) is 5.10 Å². The minimum atomic E-state index is 0.1000. The van der Waals surface area contributed by atoms with Crippen molar-refractivity contribution >= 4 is 0 Å². The predicted octanol–water partition coefficient (Wildman–Crippen LogP) is 3.31. The van der Waals surface area contributed by atoms with Gasteiger partial charge in [-0.3, -0.25) is 4.68 Å². The van der Waals surface area contributed by atoms with Crippen LogP contribution in [0.4, 0.5) is 0 Å². The second-order valence-electron chi connectivity index (χ2n) is 5.20. The molecule has 2 rings (SSSR count). The second-order valence-corrected chi connectivity index (χ2v) is 5.20. The van der Waals surface area contributed by atoms with E-state index in [1.165, 1.54) is 11.3 Å². The quantitative estimate of drug-likeness (QED) is 0.849. The second kappa shape index (κ2) is 7.27. The molecular formula is C17H25N3O. The average Bonchev–Trinajstić information content (AvgIpc) is 2.97.